The summed E-state index contributed by atoms with van der Waals surface area (Å²) in [6.07, 6.45) is 1.78. The number of amides is 2. The summed E-state index contributed by atoms with van der Waals surface area (Å²) in [6.45, 7) is 10.4. The number of nitrogens with one attached hydrogen (secondary N) is 2. The highest BCUT2D eigenvalue weighted by Crippen LogP contribution is 2.31. The number of hydrogen-bond acceptors (Lipinski definition) is 4. The molecule has 0 aliphatic heterocycles. The van der Waals surface area contributed by atoms with Crippen LogP contribution in [-0.2, 0) is 9.59 Å². The highest BCUT2D eigenvalue weighted by molar-refractivity contribution is 5.97. The molecule has 0 bridgehead atoms. The third kappa shape index (κ3) is 7.03. The lowest BCUT2D eigenvalue weighted by Crippen LogP contribution is -2.46. The zero-order valence-corrected chi connectivity index (χ0v) is 15.8. The van der Waals surface area contributed by atoms with Gasteiger partial charge in [0, 0.05) is 18.7 Å². The lowest BCUT2D eigenvalue weighted by molar-refractivity contribution is -0.126. The maximum atomic E-state index is 12.5. The maximum absolute atomic E-state index is 12.5. The molecule has 0 aliphatic carbocycles. The highest BCUT2D eigenvalue weighted by Gasteiger charge is 2.23. The average Bonchev–Trinajstić information content (AvgIpc) is 2.56. The second-order valence-corrected chi connectivity index (χ2v) is 6.27. The monoisotopic (exact) mass is 350 g/mol. The quantitative estimate of drug-likeness (QED) is 0.678. The van der Waals surface area contributed by atoms with Gasteiger partial charge in [0.2, 0.25) is 11.8 Å². The first kappa shape index (κ1) is 20.8. The van der Waals surface area contributed by atoms with Gasteiger partial charge in [-0.3, -0.25) is 9.59 Å². The largest absolute Gasteiger partial charge is 0.490 e. The molecule has 140 valence electrons. The Hall–Kier alpha value is -2.24. The fourth-order valence-electron chi connectivity index (χ4n) is 2.22. The molecule has 1 atom stereocenters. The minimum absolute atomic E-state index is 0.0214. The van der Waals surface area contributed by atoms with Crippen molar-refractivity contribution in [2.75, 3.05) is 18.5 Å². The molecule has 0 radical (unpaired) electrons. The highest BCUT2D eigenvalue weighted by atomic mass is 16.5. The Bertz CT molecular complexity index is 573. The van der Waals surface area contributed by atoms with Gasteiger partial charge in [0.25, 0.3) is 0 Å². The lowest BCUT2D eigenvalue weighted by Gasteiger charge is -2.21. The van der Waals surface area contributed by atoms with Crippen LogP contribution in [0.25, 0.3) is 0 Å². The van der Waals surface area contributed by atoms with Gasteiger partial charge in [-0.15, -0.1) is 0 Å². The van der Waals surface area contributed by atoms with Gasteiger partial charge < -0.3 is 20.1 Å². The molecule has 0 unspecified atom stereocenters. The van der Waals surface area contributed by atoms with Crippen LogP contribution in [0.3, 0.4) is 0 Å². The maximum Gasteiger partial charge on any atom is 0.247 e. The van der Waals surface area contributed by atoms with Crippen LogP contribution in [0.1, 0.15) is 47.5 Å². The number of carbonyl (C=O) groups is 2. The first-order chi connectivity index (χ1) is 11.9. The van der Waals surface area contributed by atoms with E-state index >= 15 is 0 Å². The van der Waals surface area contributed by atoms with E-state index in [9.17, 15) is 9.59 Å². The van der Waals surface area contributed by atoms with Gasteiger partial charge in [-0.2, -0.15) is 0 Å². The van der Waals surface area contributed by atoms with Gasteiger partial charge >= 0.3 is 0 Å². The van der Waals surface area contributed by atoms with Crippen molar-refractivity contribution in [2.24, 2.45) is 5.92 Å². The van der Waals surface area contributed by atoms with Crippen LogP contribution < -0.4 is 20.1 Å². The van der Waals surface area contributed by atoms with E-state index in [4.69, 9.17) is 9.47 Å². The van der Waals surface area contributed by atoms with E-state index in [-0.39, 0.29) is 17.7 Å². The second-order valence-electron chi connectivity index (χ2n) is 6.27. The summed E-state index contributed by atoms with van der Waals surface area (Å²) in [5.74, 6) is 0.758. The SMILES string of the molecule is CCCOc1ccc(NC(=O)[C@@H](NC(C)=O)C(C)C)cc1OCCC. The molecule has 25 heavy (non-hydrogen) atoms. The standard InChI is InChI=1S/C19H30N2O4/c1-6-10-24-16-9-8-15(12-17(16)25-11-7-2)21-19(23)18(13(3)4)20-14(5)22/h8-9,12-13,18H,6-7,10-11H2,1-5H3,(H,20,22)(H,21,23)/t18-/m0/s1. The van der Waals surface area contributed by atoms with Crippen molar-refractivity contribution in [3.63, 3.8) is 0 Å². The van der Waals surface area contributed by atoms with Crippen LogP contribution in [0.5, 0.6) is 11.5 Å². The minimum atomic E-state index is -0.589. The van der Waals surface area contributed by atoms with Crippen molar-refractivity contribution in [1.29, 1.82) is 0 Å². The predicted octanol–water partition coefficient (Wildman–Crippen LogP) is 3.36. The summed E-state index contributed by atoms with van der Waals surface area (Å²) in [6, 6.07) is 4.73. The van der Waals surface area contributed by atoms with E-state index in [1.165, 1.54) is 6.92 Å². The van der Waals surface area contributed by atoms with Crippen molar-refractivity contribution < 1.29 is 19.1 Å². The van der Waals surface area contributed by atoms with Crippen molar-refractivity contribution in [2.45, 2.75) is 53.5 Å². The van der Waals surface area contributed by atoms with Gasteiger partial charge in [-0.05, 0) is 30.9 Å². The smallest absolute Gasteiger partial charge is 0.247 e. The van der Waals surface area contributed by atoms with E-state index in [0.717, 1.165) is 12.8 Å². The Labute approximate surface area is 150 Å². The van der Waals surface area contributed by atoms with Crippen molar-refractivity contribution in [3.8, 4) is 11.5 Å². The fourth-order valence-corrected chi connectivity index (χ4v) is 2.22. The molecule has 1 aromatic rings. The molecular formula is C19H30N2O4. The van der Waals surface area contributed by atoms with Gasteiger partial charge in [0.05, 0.1) is 13.2 Å². The van der Waals surface area contributed by atoms with Gasteiger partial charge in [-0.25, -0.2) is 0 Å². The number of carbonyl (C=O) groups excluding carboxylic acids is 2. The Morgan fingerprint density at radius 3 is 2.16 bits per heavy atom. The molecule has 2 N–H and O–H groups in total. The van der Waals surface area contributed by atoms with Crippen molar-refractivity contribution in [1.82, 2.24) is 5.32 Å². The third-order valence-electron chi connectivity index (χ3n) is 3.44. The normalized spacial score (nSPS) is 11.8. The summed E-state index contributed by atoms with van der Waals surface area (Å²) >= 11 is 0. The molecule has 0 aromatic heterocycles. The zero-order valence-electron chi connectivity index (χ0n) is 15.8. The molecule has 0 saturated heterocycles. The molecule has 0 heterocycles. The third-order valence-corrected chi connectivity index (χ3v) is 3.44. The summed E-state index contributed by atoms with van der Waals surface area (Å²) in [4.78, 5) is 23.8. The number of hydrogen-bond donors (Lipinski definition) is 2. The van der Waals surface area contributed by atoms with Crippen LogP contribution in [0, 0.1) is 5.92 Å². The Morgan fingerprint density at radius 2 is 1.64 bits per heavy atom. The molecule has 0 fully saturated rings. The molecular weight excluding hydrogens is 320 g/mol. The van der Waals surface area contributed by atoms with E-state index in [2.05, 4.69) is 10.6 Å². The number of ether oxygens (including phenoxy) is 2. The molecule has 0 saturated carbocycles. The second kappa shape index (κ2) is 10.6. The predicted molar refractivity (Wildman–Crippen MR) is 99.1 cm³/mol. The van der Waals surface area contributed by atoms with Gasteiger partial charge in [-0.1, -0.05) is 27.7 Å². The molecule has 0 aliphatic rings. The van der Waals surface area contributed by atoms with E-state index in [0.29, 0.717) is 30.4 Å². The average molecular weight is 350 g/mol. The number of benzene rings is 1. The topological polar surface area (TPSA) is 76.7 Å². The fraction of sp³-hybridized carbons (Fsp3) is 0.579. The van der Waals surface area contributed by atoms with Crippen molar-refractivity contribution >= 4 is 17.5 Å². The van der Waals surface area contributed by atoms with Crippen LogP contribution in [0.15, 0.2) is 18.2 Å². The molecule has 6 heteroatoms. The van der Waals surface area contributed by atoms with Crippen LogP contribution in [0.4, 0.5) is 5.69 Å². The lowest BCUT2D eigenvalue weighted by atomic mass is 10.0. The molecule has 6 nitrogen and oxygen atoms in total. The van der Waals surface area contributed by atoms with Gasteiger partial charge in [0.15, 0.2) is 11.5 Å². The van der Waals surface area contributed by atoms with E-state index in [1.807, 2.05) is 27.7 Å². The molecule has 1 aromatic carbocycles. The van der Waals surface area contributed by atoms with Crippen molar-refractivity contribution in [3.05, 3.63) is 18.2 Å². The minimum Gasteiger partial charge on any atom is -0.490 e. The van der Waals surface area contributed by atoms with Crippen LogP contribution in [-0.4, -0.2) is 31.1 Å². The first-order valence-corrected chi connectivity index (χ1v) is 8.86. The summed E-state index contributed by atoms with van der Waals surface area (Å²) in [7, 11) is 0. The van der Waals surface area contributed by atoms with E-state index < -0.39 is 6.04 Å². The Balaban J connectivity index is 2.92. The number of rotatable bonds is 10. The summed E-state index contributed by atoms with van der Waals surface area (Å²) < 4.78 is 11.4. The zero-order chi connectivity index (χ0) is 18.8. The first-order valence-electron chi connectivity index (χ1n) is 8.86. The Kier molecular flexibility index (Phi) is 8.81. The molecule has 1 rings (SSSR count). The van der Waals surface area contributed by atoms with Gasteiger partial charge in [0.1, 0.15) is 6.04 Å². The Morgan fingerprint density at radius 1 is 1.04 bits per heavy atom. The number of anilines is 1. The summed E-state index contributed by atoms with van der Waals surface area (Å²) in [5.41, 5.74) is 0.607. The van der Waals surface area contributed by atoms with Crippen LogP contribution in [0.2, 0.25) is 0 Å². The van der Waals surface area contributed by atoms with Crippen LogP contribution >= 0.6 is 0 Å². The molecule has 2 amide bonds. The van der Waals surface area contributed by atoms with E-state index in [1.54, 1.807) is 18.2 Å². The molecule has 0 spiro atoms. The summed E-state index contributed by atoms with van der Waals surface area (Å²) in [5, 5.41) is 5.52.